The largest absolute Gasteiger partial charge is 0.370 e. The Labute approximate surface area is 102 Å². The first-order valence-corrected chi connectivity index (χ1v) is 6.13. The van der Waals surface area contributed by atoms with E-state index in [0.29, 0.717) is 5.02 Å². The van der Waals surface area contributed by atoms with Crippen molar-refractivity contribution in [3.63, 3.8) is 0 Å². The average molecular weight is 295 g/mol. The molecule has 1 aliphatic heterocycles. The number of nitrogens with zero attached hydrogens (tertiary/aromatic N) is 1. The molecule has 1 heterocycles. The third-order valence-electron chi connectivity index (χ3n) is 2.46. The van der Waals surface area contributed by atoms with Gasteiger partial charge in [0.05, 0.1) is 20.2 Å². The number of anilines is 1. The molecule has 1 fully saturated rings. The first kappa shape index (κ1) is 10.6. The third-order valence-corrected chi connectivity index (χ3v) is 4.44. The quantitative estimate of drug-likeness (QED) is 0.696. The van der Waals surface area contributed by atoms with E-state index < -0.39 is 0 Å². The first-order chi connectivity index (χ1) is 6.70. The monoisotopic (exact) mass is 293 g/mol. The van der Waals surface area contributed by atoms with Gasteiger partial charge in [-0.05, 0) is 40.9 Å². The highest BCUT2D eigenvalue weighted by atomic mass is 79.9. The van der Waals surface area contributed by atoms with Crippen LogP contribution in [0.25, 0.3) is 0 Å². The summed E-state index contributed by atoms with van der Waals surface area (Å²) in [5.74, 6) is 0. The second kappa shape index (κ2) is 4.30. The molecular formula is C10H10BrCl2N. The lowest BCUT2D eigenvalue weighted by atomic mass is 10.3. The Morgan fingerprint density at radius 3 is 2.43 bits per heavy atom. The highest BCUT2D eigenvalue weighted by Gasteiger charge is 2.17. The molecule has 1 nitrogen and oxygen atoms in total. The normalized spacial score (nSPS) is 16.4. The summed E-state index contributed by atoms with van der Waals surface area (Å²) < 4.78 is 0.797. The van der Waals surface area contributed by atoms with E-state index in [1.54, 1.807) is 0 Å². The summed E-state index contributed by atoms with van der Waals surface area (Å²) in [6, 6.07) is 3.87. The van der Waals surface area contributed by atoms with Gasteiger partial charge in [-0.25, -0.2) is 0 Å². The van der Waals surface area contributed by atoms with Gasteiger partial charge < -0.3 is 4.90 Å². The molecule has 1 aliphatic rings. The molecule has 0 aromatic heterocycles. The molecule has 4 heteroatoms. The van der Waals surface area contributed by atoms with E-state index in [1.807, 2.05) is 12.1 Å². The SMILES string of the molecule is Clc1ccc(N2CCCC2)c(Cl)c1Br. The number of halogens is 3. The molecule has 2 rings (SSSR count). The Hall–Kier alpha value is 0.0800. The zero-order chi connectivity index (χ0) is 10.1. The van der Waals surface area contributed by atoms with Crippen molar-refractivity contribution in [1.82, 2.24) is 0 Å². The minimum Gasteiger partial charge on any atom is -0.370 e. The van der Waals surface area contributed by atoms with Crippen LogP contribution in [0, 0.1) is 0 Å². The zero-order valence-corrected chi connectivity index (χ0v) is 10.7. The smallest absolute Gasteiger partial charge is 0.0796 e. The van der Waals surface area contributed by atoms with Gasteiger partial charge in [0, 0.05) is 13.1 Å². The van der Waals surface area contributed by atoms with Crippen molar-refractivity contribution in [3.8, 4) is 0 Å². The lowest BCUT2D eigenvalue weighted by Crippen LogP contribution is -2.17. The van der Waals surface area contributed by atoms with Gasteiger partial charge in [0.15, 0.2) is 0 Å². The van der Waals surface area contributed by atoms with Crippen LogP contribution in [0.4, 0.5) is 5.69 Å². The number of rotatable bonds is 1. The van der Waals surface area contributed by atoms with Crippen LogP contribution in [0.15, 0.2) is 16.6 Å². The van der Waals surface area contributed by atoms with E-state index in [4.69, 9.17) is 23.2 Å². The molecule has 0 radical (unpaired) electrons. The molecule has 1 saturated heterocycles. The second-order valence-electron chi connectivity index (χ2n) is 3.39. The Kier molecular flexibility index (Phi) is 3.25. The van der Waals surface area contributed by atoms with Crippen LogP contribution in [0.3, 0.4) is 0 Å². The van der Waals surface area contributed by atoms with Crippen molar-refractivity contribution < 1.29 is 0 Å². The maximum atomic E-state index is 6.21. The summed E-state index contributed by atoms with van der Waals surface area (Å²) in [7, 11) is 0. The Morgan fingerprint density at radius 2 is 1.79 bits per heavy atom. The van der Waals surface area contributed by atoms with Crippen molar-refractivity contribution in [2.75, 3.05) is 18.0 Å². The van der Waals surface area contributed by atoms with E-state index in [1.165, 1.54) is 12.8 Å². The summed E-state index contributed by atoms with van der Waals surface area (Å²) in [6.45, 7) is 2.18. The molecule has 0 atom stereocenters. The lowest BCUT2D eigenvalue weighted by Gasteiger charge is -2.19. The van der Waals surface area contributed by atoms with Gasteiger partial charge in [0.25, 0.3) is 0 Å². The maximum Gasteiger partial charge on any atom is 0.0796 e. The highest BCUT2D eigenvalue weighted by Crippen LogP contribution is 2.38. The van der Waals surface area contributed by atoms with E-state index in [9.17, 15) is 0 Å². The van der Waals surface area contributed by atoms with E-state index >= 15 is 0 Å². The van der Waals surface area contributed by atoms with Crippen LogP contribution in [0.5, 0.6) is 0 Å². The number of benzene rings is 1. The summed E-state index contributed by atoms with van der Waals surface area (Å²) in [5, 5.41) is 1.39. The van der Waals surface area contributed by atoms with Gasteiger partial charge >= 0.3 is 0 Å². The standard InChI is InChI=1S/C10H10BrCl2N/c11-9-7(12)3-4-8(10(9)13)14-5-1-2-6-14/h3-4H,1-2,5-6H2. The molecule has 0 bridgehead atoms. The number of hydrogen-bond donors (Lipinski definition) is 0. The van der Waals surface area contributed by atoms with Crippen LogP contribution in [-0.4, -0.2) is 13.1 Å². The van der Waals surface area contributed by atoms with Crippen LogP contribution in [0.2, 0.25) is 10.0 Å². The van der Waals surface area contributed by atoms with Gasteiger partial charge in [0.2, 0.25) is 0 Å². The molecular weight excluding hydrogens is 285 g/mol. The molecule has 0 aliphatic carbocycles. The Bertz CT molecular complexity index is 348. The fourth-order valence-electron chi connectivity index (χ4n) is 1.72. The summed E-state index contributed by atoms with van der Waals surface area (Å²) in [5.41, 5.74) is 1.08. The Balaban J connectivity index is 2.38. The van der Waals surface area contributed by atoms with Crippen molar-refractivity contribution >= 4 is 44.8 Å². The van der Waals surface area contributed by atoms with Gasteiger partial charge in [-0.3, -0.25) is 0 Å². The van der Waals surface area contributed by atoms with Crippen molar-refractivity contribution in [2.45, 2.75) is 12.8 Å². The fourth-order valence-corrected chi connectivity index (χ4v) is 2.54. The molecule has 14 heavy (non-hydrogen) atoms. The summed E-state index contributed by atoms with van der Waals surface area (Å²) in [4.78, 5) is 2.30. The van der Waals surface area contributed by atoms with Gasteiger partial charge in [-0.1, -0.05) is 23.2 Å². The third kappa shape index (κ3) is 1.88. The molecule has 1 aromatic rings. The van der Waals surface area contributed by atoms with Crippen LogP contribution in [0.1, 0.15) is 12.8 Å². The molecule has 76 valence electrons. The van der Waals surface area contributed by atoms with Crippen molar-refractivity contribution in [1.29, 1.82) is 0 Å². The lowest BCUT2D eigenvalue weighted by molar-refractivity contribution is 0.949. The van der Waals surface area contributed by atoms with Crippen LogP contribution in [-0.2, 0) is 0 Å². The van der Waals surface area contributed by atoms with Gasteiger partial charge in [-0.2, -0.15) is 0 Å². The van der Waals surface area contributed by atoms with Crippen LogP contribution >= 0.6 is 39.1 Å². The van der Waals surface area contributed by atoms with Crippen molar-refractivity contribution in [3.05, 3.63) is 26.7 Å². The fraction of sp³-hybridized carbons (Fsp3) is 0.400. The number of hydrogen-bond acceptors (Lipinski definition) is 1. The molecule has 1 aromatic carbocycles. The minimum atomic E-state index is 0.665. The molecule has 0 unspecified atom stereocenters. The van der Waals surface area contributed by atoms with Gasteiger partial charge in [0.1, 0.15) is 0 Å². The van der Waals surface area contributed by atoms with E-state index in [-0.39, 0.29) is 0 Å². The molecule has 0 spiro atoms. The zero-order valence-electron chi connectivity index (χ0n) is 7.56. The maximum absolute atomic E-state index is 6.21. The van der Waals surface area contributed by atoms with Gasteiger partial charge in [-0.15, -0.1) is 0 Å². The highest BCUT2D eigenvalue weighted by molar-refractivity contribution is 9.10. The summed E-state index contributed by atoms with van der Waals surface area (Å²) >= 11 is 15.5. The molecule has 0 amide bonds. The van der Waals surface area contributed by atoms with E-state index in [0.717, 1.165) is 28.3 Å². The van der Waals surface area contributed by atoms with Crippen LogP contribution < -0.4 is 4.90 Å². The Morgan fingerprint density at radius 1 is 1.14 bits per heavy atom. The predicted octanol–water partition coefficient (Wildman–Crippen LogP) is 4.36. The topological polar surface area (TPSA) is 3.24 Å². The van der Waals surface area contributed by atoms with Crippen molar-refractivity contribution in [2.24, 2.45) is 0 Å². The molecule has 0 saturated carbocycles. The predicted molar refractivity (Wildman–Crippen MR) is 65.6 cm³/mol. The first-order valence-electron chi connectivity index (χ1n) is 4.58. The average Bonchev–Trinajstić information content (AvgIpc) is 2.67. The molecule has 0 N–H and O–H groups in total. The van der Waals surface area contributed by atoms with E-state index in [2.05, 4.69) is 20.8 Å². The summed E-state index contributed by atoms with van der Waals surface area (Å²) in [6.07, 6.45) is 2.49. The minimum absolute atomic E-state index is 0.665. The second-order valence-corrected chi connectivity index (χ2v) is 4.97.